The smallest absolute Gasteiger partial charge is 0.379 e. The second kappa shape index (κ2) is 5.46. The minimum atomic E-state index is -0.389. The summed E-state index contributed by atoms with van der Waals surface area (Å²) in [5, 5.41) is 3.16. The summed E-state index contributed by atoms with van der Waals surface area (Å²) in [5.41, 5.74) is -0.389. The number of likely N-dealkylation sites (N-methyl/N-ethyl adjacent to an activating group) is 1. The van der Waals surface area contributed by atoms with Crippen LogP contribution in [0.1, 0.15) is 39.6 Å². The maximum atomic E-state index is 5.71. The van der Waals surface area contributed by atoms with Crippen LogP contribution < -0.4 is 9.88 Å². The van der Waals surface area contributed by atoms with Crippen LogP contribution in [0.4, 0.5) is 0 Å². The van der Waals surface area contributed by atoms with E-state index in [-0.39, 0.29) is 5.60 Å². The van der Waals surface area contributed by atoms with E-state index >= 15 is 0 Å². The van der Waals surface area contributed by atoms with Crippen LogP contribution >= 0.6 is 0 Å². The van der Waals surface area contributed by atoms with E-state index in [1.807, 2.05) is 34.0 Å². The lowest BCUT2D eigenvalue weighted by Crippen LogP contribution is -2.48. The summed E-state index contributed by atoms with van der Waals surface area (Å²) in [5.74, 6) is 0.858. The average molecular weight is 227 g/mol. The first-order valence-electron chi connectivity index (χ1n) is 5.80. The summed E-state index contributed by atoms with van der Waals surface area (Å²) < 4.78 is 13.4. The molecule has 1 unspecified atom stereocenters. The van der Waals surface area contributed by atoms with Gasteiger partial charge in [0, 0.05) is 6.61 Å². The van der Waals surface area contributed by atoms with Crippen molar-refractivity contribution in [2.75, 3.05) is 20.2 Å². The molecule has 0 radical (unpaired) electrons. The molecule has 0 spiro atoms. The lowest BCUT2D eigenvalue weighted by molar-refractivity contribution is -0.734. The van der Waals surface area contributed by atoms with E-state index in [4.69, 9.17) is 9.15 Å². The van der Waals surface area contributed by atoms with Crippen LogP contribution in [0, 0.1) is 0 Å². The Morgan fingerprint density at radius 3 is 2.81 bits per heavy atom. The van der Waals surface area contributed by atoms with Gasteiger partial charge < -0.3 is 14.5 Å². The Hall–Kier alpha value is -0.870. The summed E-state index contributed by atoms with van der Waals surface area (Å²) >= 11 is 0. The van der Waals surface area contributed by atoms with Crippen molar-refractivity contribution in [2.45, 2.75) is 39.3 Å². The van der Waals surface area contributed by atoms with Crippen molar-refractivity contribution in [2.24, 2.45) is 0 Å². The lowest BCUT2D eigenvalue weighted by Gasteiger charge is -2.19. The minimum Gasteiger partial charge on any atom is -0.408 e. The van der Waals surface area contributed by atoms with E-state index in [1.165, 1.54) is 0 Å². The molecule has 0 saturated heterocycles. The van der Waals surface area contributed by atoms with Crippen LogP contribution in [0.3, 0.4) is 0 Å². The van der Waals surface area contributed by atoms with Crippen LogP contribution in [0.15, 0.2) is 16.9 Å². The maximum Gasteiger partial charge on any atom is 0.379 e. The zero-order valence-corrected chi connectivity index (χ0v) is 10.9. The number of aromatic nitrogens is 1. The second-order valence-electron chi connectivity index (χ2n) is 4.47. The van der Waals surface area contributed by atoms with E-state index in [0.29, 0.717) is 12.6 Å². The Morgan fingerprint density at radius 2 is 2.25 bits per heavy atom. The number of rotatable bonds is 6. The van der Waals surface area contributed by atoms with Gasteiger partial charge in [0.15, 0.2) is 17.9 Å². The average Bonchev–Trinajstić information content (AvgIpc) is 2.66. The molecule has 4 nitrogen and oxygen atoms in total. The Balaban J connectivity index is 2.93. The van der Waals surface area contributed by atoms with Crippen molar-refractivity contribution in [3.63, 3.8) is 0 Å². The second-order valence-corrected chi connectivity index (χ2v) is 4.47. The van der Waals surface area contributed by atoms with Crippen molar-refractivity contribution >= 4 is 0 Å². The van der Waals surface area contributed by atoms with Crippen LogP contribution in [-0.4, -0.2) is 20.2 Å². The number of nitrogens with zero attached hydrogens (tertiary/aromatic N) is 1. The quantitative estimate of drug-likeness (QED) is 0.750. The van der Waals surface area contributed by atoms with E-state index < -0.39 is 0 Å². The molecular formula is C12H23N2O2+. The van der Waals surface area contributed by atoms with Gasteiger partial charge in [-0.25, -0.2) is 0 Å². The van der Waals surface area contributed by atoms with Gasteiger partial charge >= 0.3 is 5.89 Å². The Kier molecular flexibility index (Phi) is 4.50. The number of ether oxygens (including phenoxy) is 1. The van der Waals surface area contributed by atoms with Gasteiger partial charge in [0.05, 0.1) is 6.54 Å². The number of hydrogen-bond donors (Lipinski definition) is 1. The molecule has 0 fully saturated rings. The van der Waals surface area contributed by atoms with Crippen LogP contribution in [-0.2, 0) is 10.3 Å². The minimum absolute atomic E-state index is 0.346. The molecular weight excluding hydrogens is 204 g/mol. The SMILES string of the molecule is CCOC(C)(C)c1occ[n+]1C(C)CNC. The van der Waals surface area contributed by atoms with Crippen LogP contribution in [0.25, 0.3) is 0 Å². The fourth-order valence-corrected chi connectivity index (χ4v) is 1.91. The van der Waals surface area contributed by atoms with E-state index in [2.05, 4.69) is 16.8 Å². The van der Waals surface area contributed by atoms with E-state index in [0.717, 1.165) is 12.4 Å². The van der Waals surface area contributed by atoms with Gasteiger partial charge in [-0.2, -0.15) is 4.57 Å². The first kappa shape index (κ1) is 13.2. The zero-order valence-electron chi connectivity index (χ0n) is 10.9. The summed E-state index contributed by atoms with van der Waals surface area (Å²) in [7, 11) is 1.95. The molecule has 16 heavy (non-hydrogen) atoms. The molecule has 0 bridgehead atoms. The van der Waals surface area contributed by atoms with Crippen molar-refractivity contribution in [3.05, 3.63) is 18.4 Å². The van der Waals surface area contributed by atoms with Gasteiger partial charge in [-0.1, -0.05) is 0 Å². The number of nitrogens with one attached hydrogen (secondary N) is 1. The van der Waals surface area contributed by atoms with Crippen molar-refractivity contribution < 1.29 is 13.7 Å². The highest BCUT2D eigenvalue weighted by Gasteiger charge is 2.36. The molecule has 0 saturated carbocycles. The highest BCUT2D eigenvalue weighted by molar-refractivity contribution is 4.86. The predicted molar refractivity (Wildman–Crippen MR) is 62.2 cm³/mol. The van der Waals surface area contributed by atoms with E-state index in [1.54, 1.807) is 6.26 Å². The number of hydrogen-bond acceptors (Lipinski definition) is 3. The van der Waals surface area contributed by atoms with Gasteiger partial charge in [0.2, 0.25) is 6.20 Å². The fraction of sp³-hybridized carbons (Fsp3) is 0.750. The zero-order chi connectivity index (χ0) is 12.2. The normalized spacial score (nSPS) is 14.1. The third-order valence-electron chi connectivity index (χ3n) is 2.63. The predicted octanol–water partition coefficient (Wildman–Crippen LogP) is 1.62. The van der Waals surface area contributed by atoms with Crippen LogP contribution in [0.2, 0.25) is 0 Å². The number of oxazole rings is 1. The molecule has 4 heteroatoms. The first-order valence-corrected chi connectivity index (χ1v) is 5.80. The van der Waals surface area contributed by atoms with Gasteiger partial charge in [0.25, 0.3) is 0 Å². The Morgan fingerprint density at radius 1 is 1.56 bits per heavy atom. The molecule has 0 amide bonds. The molecule has 1 atom stereocenters. The van der Waals surface area contributed by atoms with E-state index in [9.17, 15) is 0 Å². The molecule has 0 aromatic carbocycles. The summed E-state index contributed by atoms with van der Waals surface area (Å²) in [6.45, 7) is 9.77. The van der Waals surface area contributed by atoms with Crippen LogP contribution in [0.5, 0.6) is 0 Å². The summed E-state index contributed by atoms with van der Waals surface area (Å²) in [6.07, 6.45) is 3.67. The topological polar surface area (TPSA) is 38.3 Å². The molecule has 1 rings (SSSR count). The van der Waals surface area contributed by atoms with Gasteiger partial charge in [-0.3, -0.25) is 0 Å². The third kappa shape index (κ3) is 2.83. The maximum absolute atomic E-state index is 5.71. The molecule has 0 aliphatic carbocycles. The molecule has 92 valence electrons. The largest absolute Gasteiger partial charge is 0.408 e. The molecule has 1 N–H and O–H groups in total. The third-order valence-corrected chi connectivity index (χ3v) is 2.63. The fourth-order valence-electron chi connectivity index (χ4n) is 1.91. The van der Waals surface area contributed by atoms with Gasteiger partial charge in [-0.05, 0) is 34.7 Å². The molecule has 1 aromatic rings. The molecule has 1 heterocycles. The lowest BCUT2D eigenvalue weighted by atomic mass is 10.1. The molecule has 0 aliphatic rings. The van der Waals surface area contributed by atoms with Crippen molar-refractivity contribution in [1.29, 1.82) is 0 Å². The van der Waals surface area contributed by atoms with Crippen molar-refractivity contribution in [1.82, 2.24) is 5.32 Å². The summed E-state index contributed by atoms with van der Waals surface area (Å²) in [6, 6.07) is 0.346. The highest BCUT2D eigenvalue weighted by Crippen LogP contribution is 2.22. The Labute approximate surface area is 97.6 Å². The monoisotopic (exact) mass is 227 g/mol. The molecule has 0 aliphatic heterocycles. The first-order chi connectivity index (χ1) is 7.53. The van der Waals surface area contributed by atoms with Gasteiger partial charge in [-0.15, -0.1) is 0 Å². The Bertz CT molecular complexity index is 321. The molecule has 1 aromatic heterocycles. The van der Waals surface area contributed by atoms with Gasteiger partial charge in [0.1, 0.15) is 0 Å². The summed E-state index contributed by atoms with van der Waals surface area (Å²) in [4.78, 5) is 0. The standard InChI is InChI=1S/C12H23N2O2/c1-6-16-12(3,4)11-14(7-8-15-11)10(2)9-13-5/h7-8,10,13H,6,9H2,1-5H3/q+1. The van der Waals surface area contributed by atoms with Crippen molar-refractivity contribution in [3.8, 4) is 0 Å². The highest BCUT2D eigenvalue weighted by atomic mass is 16.5.